The topological polar surface area (TPSA) is 63.2 Å². The number of hydrogen-bond donors (Lipinski definition) is 0. The molecule has 0 amide bonds. The van der Waals surface area contributed by atoms with E-state index in [1.54, 1.807) is 0 Å². The van der Waals surface area contributed by atoms with Gasteiger partial charge < -0.3 is 28.5 Å². The van der Waals surface area contributed by atoms with Gasteiger partial charge in [-0.15, -0.1) is 0 Å². The van der Waals surface area contributed by atoms with E-state index in [1.165, 1.54) is 0 Å². The monoisotopic (exact) mass is 220 g/mol. The molecule has 0 aliphatic rings. The molecule has 0 aromatic carbocycles. The van der Waals surface area contributed by atoms with Crippen LogP contribution in [-0.4, -0.2) is 6.16 Å². The van der Waals surface area contributed by atoms with Crippen LogP contribution in [0.15, 0.2) is 0 Å². The van der Waals surface area contributed by atoms with Crippen molar-refractivity contribution in [1.29, 1.82) is 0 Å². The average molecular weight is 223 g/mol. The molecule has 0 heterocycles. The molecule has 32 valence electrons. The van der Waals surface area contributed by atoms with E-state index < -0.39 is 6.16 Å². The quantitative estimate of drug-likeness (QED) is 0.428. The van der Waals surface area contributed by atoms with E-state index in [0.29, 0.717) is 0 Å². The molecule has 3 nitrogen and oxygen atoms in total. The Labute approximate surface area is 73.4 Å². The van der Waals surface area contributed by atoms with Gasteiger partial charge in [-0.1, -0.05) is 0 Å². The molecule has 0 aromatic rings. The summed E-state index contributed by atoms with van der Waals surface area (Å²) in [6.07, 6.45) is -2.33. The van der Waals surface area contributed by atoms with Gasteiger partial charge in [0.25, 0.3) is 0 Å². The first-order valence-electron chi connectivity index (χ1n) is 0.612. The van der Waals surface area contributed by atoms with E-state index in [2.05, 4.69) is 0 Å². The maximum absolute atomic E-state index is 8.33. The predicted molar refractivity (Wildman–Crippen MR) is 12.8 cm³/mol. The second-order valence-corrected chi connectivity index (χ2v) is 0.250. The molecule has 7 heavy (non-hydrogen) atoms. The van der Waals surface area contributed by atoms with Gasteiger partial charge in [0.1, 0.15) is 0 Å². The van der Waals surface area contributed by atoms with Gasteiger partial charge in [-0.3, -0.25) is 0 Å². The fraction of sp³-hybridized carbons (Fsp3) is 0. The third kappa shape index (κ3) is 216. The smallest absolute Gasteiger partial charge is 2.00 e. The molecule has 0 bridgehead atoms. The third-order valence-electron chi connectivity index (χ3n) is 0. The van der Waals surface area contributed by atoms with Crippen LogP contribution in [-0.2, 0) is 52.5 Å². The van der Waals surface area contributed by atoms with Crippen molar-refractivity contribution < 1.29 is 54.0 Å². The Morgan fingerprint density at radius 2 is 1.14 bits per heavy atom. The molecule has 6 heteroatoms. The summed E-state index contributed by atoms with van der Waals surface area (Å²) in [5.41, 5.74) is 0. The van der Waals surface area contributed by atoms with Crippen LogP contribution in [0, 0.1) is 0 Å². The second kappa shape index (κ2) is 15.8. The van der Waals surface area contributed by atoms with E-state index in [0.717, 1.165) is 0 Å². The summed E-state index contributed by atoms with van der Waals surface area (Å²) in [4.78, 5) is 8.33. The summed E-state index contributed by atoms with van der Waals surface area (Å²) >= 11 is 0. The number of carbonyl (C=O) groups excluding carboxylic acids is 1. The minimum Gasteiger partial charge on any atom is -2.00 e. The van der Waals surface area contributed by atoms with E-state index in [9.17, 15) is 0 Å². The van der Waals surface area contributed by atoms with Crippen molar-refractivity contribution in [3.05, 3.63) is 0 Å². The maximum atomic E-state index is 8.33. The van der Waals surface area contributed by atoms with Crippen molar-refractivity contribution in [3.8, 4) is 0 Å². The number of carboxylic acid groups (broad SMARTS) is 2. The molecule has 0 saturated carbocycles. The van der Waals surface area contributed by atoms with Crippen LogP contribution in [0.4, 0.5) is 4.79 Å². The Balaban J connectivity index is -0.0000000150. The normalized spacial score (nSPS) is 3.43. The average Bonchev–Trinajstić information content (AvgIpc) is 0.811. The molecule has 0 fully saturated rings. The Bertz CT molecular complexity index is 35.9. The van der Waals surface area contributed by atoms with Crippen molar-refractivity contribution in [2.75, 3.05) is 0 Å². The van der Waals surface area contributed by atoms with E-state index >= 15 is 0 Å². The van der Waals surface area contributed by atoms with Crippen LogP contribution in [0.3, 0.4) is 0 Å². The summed E-state index contributed by atoms with van der Waals surface area (Å²) in [6, 6.07) is 0. The van der Waals surface area contributed by atoms with Crippen molar-refractivity contribution in [2.45, 2.75) is 0 Å². The first-order chi connectivity index (χ1) is 1.73. The Morgan fingerprint density at radius 3 is 1.14 bits per heavy atom. The SMILES string of the molecule is O=C([O-])[O-].[S-2].[Zn+2].[Zn+2]. The zero-order valence-corrected chi connectivity index (χ0v) is 10.3. The van der Waals surface area contributed by atoms with Crippen LogP contribution in [0.5, 0.6) is 0 Å². The maximum Gasteiger partial charge on any atom is 2.00 e. The fourth-order valence-corrected chi connectivity index (χ4v) is 0. The molecule has 0 aliphatic heterocycles. The molecule has 0 aromatic heterocycles. The zero-order valence-electron chi connectivity index (χ0n) is 3.55. The molecule has 0 spiro atoms. The van der Waals surface area contributed by atoms with Crippen LogP contribution in [0.25, 0.3) is 0 Å². The summed E-state index contributed by atoms with van der Waals surface area (Å²) in [5, 5.41) is 16.7. The minimum atomic E-state index is -2.33. The molecule has 0 unspecified atom stereocenters. The van der Waals surface area contributed by atoms with Gasteiger partial charge in [0, 0.05) is 0 Å². The van der Waals surface area contributed by atoms with Crippen LogP contribution < -0.4 is 10.2 Å². The number of carbonyl (C=O) groups is 1. The van der Waals surface area contributed by atoms with Gasteiger partial charge in [0.15, 0.2) is 0 Å². The fourth-order valence-electron chi connectivity index (χ4n) is 0. The predicted octanol–water partition coefficient (Wildman–Crippen LogP) is -2.45. The van der Waals surface area contributed by atoms with Gasteiger partial charge in [0.2, 0.25) is 0 Å². The van der Waals surface area contributed by atoms with Crippen molar-refractivity contribution in [2.24, 2.45) is 0 Å². The molecule has 0 N–H and O–H groups in total. The van der Waals surface area contributed by atoms with Gasteiger partial charge >= 0.3 is 39.0 Å². The summed E-state index contributed by atoms with van der Waals surface area (Å²) in [7, 11) is 0. The Morgan fingerprint density at radius 1 is 1.14 bits per heavy atom. The molecule has 0 saturated heterocycles. The minimum absolute atomic E-state index is 0. The Hall–Kier alpha value is 0.867. The largest absolute Gasteiger partial charge is 2.00 e. The molecular weight excluding hydrogens is 223 g/mol. The molecule has 0 atom stereocenters. The van der Waals surface area contributed by atoms with Crippen molar-refractivity contribution in [1.82, 2.24) is 0 Å². The molecule has 0 rings (SSSR count). The second-order valence-electron chi connectivity index (χ2n) is 0.250. The zero-order chi connectivity index (χ0) is 3.58. The van der Waals surface area contributed by atoms with Gasteiger partial charge in [-0.25, -0.2) is 0 Å². The molecule has 0 aliphatic carbocycles. The number of rotatable bonds is 0. The van der Waals surface area contributed by atoms with Crippen molar-refractivity contribution in [3.63, 3.8) is 0 Å². The summed E-state index contributed by atoms with van der Waals surface area (Å²) in [5.74, 6) is 0. The third-order valence-corrected chi connectivity index (χ3v) is 0. The van der Waals surface area contributed by atoms with Crippen molar-refractivity contribution >= 4 is 19.7 Å². The number of hydrogen-bond acceptors (Lipinski definition) is 3. The summed E-state index contributed by atoms with van der Waals surface area (Å²) < 4.78 is 0. The molecular formula is CO3SZn2. The Kier molecular flexibility index (Phi) is 56.0. The van der Waals surface area contributed by atoms with Crippen LogP contribution in [0.1, 0.15) is 0 Å². The first kappa shape index (κ1) is 24.8. The van der Waals surface area contributed by atoms with Gasteiger partial charge in [-0.2, -0.15) is 0 Å². The van der Waals surface area contributed by atoms with E-state index in [1.807, 2.05) is 0 Å². The van der Waals surface area contributed by atoms with E-state index in [4.69, 9.17) is 15.0 Å². The van der Waals surface area contributed by atoms with Crippen LogP contribution in [0.2, 0.25) is 0 Å². The first-order valence-corrected chi connectivity index (χ1v) is 0.612. The molecule has 0 radical (unpaired) electrons. The van der Waals surface area contributed by atoms with Crippen LogP contribution >= 0.6 is 0 Å². The van der Waals surface area contributed by atoms with Gasteiger partial charge in [0.05, 0.1) is 0 Å². The van der Waals surface area contributed by atoms with E-state index in [-0.39, 0.29) is 52.5 Å². The summed E-state index contributed by atoms with van der Waals surface area (Å²) in [6.45, 7) is 0. The standard InChI is InChI=1S/CH2O3.S.2Zn/c2-1(3)4;;;/h(H2,2,3,4);;;/q;-2;2*+2/p-2. The van der Waals surface area contributed by atoms with Gasteiger partial charge in [-0.05, 0) is 6.16 Å².